The number of hydrogen-bond donors (Lipinski definition) is 2. The summed E-state index contributed by atoms with van der Waals surface area (Å²) in [5.41, 5.74) is 2.23. The average Bonchev–Trinajstić information content (AvgIpc) is 2.60. The Bertz CT molecular complexity index is 743. The minimum absolute atomic E-state index is 0.110. The van der Waals surface area contributed by atoms with Crippen LogP contribution in [0.15, 0.2) is 30.3 Å². The highest BCUT2D eigenvalue weighted by Gasteiger charge is 2.24. The van der Waals surface area contributed by atoms with Crippen LogP contribution in [0.1, 0.15) is 22.6 Å². The molecule has 0 saturated carbocycles. The van der Waals surface area contributed by atoms with E-state index < -0.39 is 11.9 Å². The first-order valence-corrected chi connectivity index (χ1v) is 7.72. The first kappa shape index (κ1) is 18.4. The molecule has 0 spiro atoms. The van der Waals surface area contributed by atoms with Gasteiger partial charge in [0.1, 0.15) is 5.75 Å². The van der Waals surface area contributed by atoms with Gasteiger partial charge >= 0.3 is 5.97 Å². The highest BCUT2D eigenvalue weighted by atomic mass is 16.5. The molecule has 2 N–H and O–H groups in total. The van der Waals surface area contributed by atoms with Gasteiger partial charge in [-0.05, 0) is 54.3 Å². The summed E-state index contributed by atoms with van der Waals surface area (Å²) in [6.07, 6.45) is 0.232. The van der Waals surface area contributed by atoms with Crippen molar-refractivity contribution in [2.45, 2.75) is 19.3 Å². The Morgan fingerprint density at radius 1 is 1.04 bits per heavy atom. The fraction of sp³-hybridized carbons (Fsp3) is 0.316. The SMILES string of the molecule is COc1ccc(C(Cc2cc(OC)c(O)c(OC)c2)C(=O)O)c(C)c1. The standard InChI is InChI=1S/C19H22O6/c1-11-7-13(23-2)5-6-14(11)15(19(21)22)8-12-9-16(24-3)18(20)17(10-12)25-4/h5-7,9-10,15,20H,8H2,1-4H3,(H,21,22). The highest BCUT2D eigenvalue weighted by molar-refractivity contribution is 5.77. The van der Waals surface area contributed by atoms with Gasteiger partial charge in [0.2, 0.25) is 5.75 Å². The van der Waals surface area contributed by atoms with Crippen LogP contribution in [0.5, 0.6) is 23.0 Å². The third kappa shape index (κ3) is 3.96. The fourth-order valence-electron chi connectivity index (χ4n) is 2.80. The van der Waals surface area contributed by atoms with Gasteiger partial charge in [-0.25, -0.2) is 0 Å². The van der Waals surface area contributed by atoms with E-state index in [0.29, 0.717) is 16.9 Å². The van der Waals surface area contributed by atoms with E-state index in [9.17, 15) is 15.0 Å². The number of hydrogen-bond acceptors (Lipinski definition) is 5. The number of carbonyl (C=O) groups is 1. The molecule has 1 unspecified atom stereocenters. The van der Waals surface area contributed by atoms with Crippen molar-refractivity contribution in [1.82, 2.24) is 0 Å². The number of carboxylic acids is 1. The van der Waals surface area contributed by atoms with Crippen molar-refractivity contribution in [2.24, 2.45) is 0 Å². The number of ether oxygens (including phenoxy) is 3. The number of aromatic hydroxyl groups is 1. The Balaban J connectivity index is 2.42. The van der Waals surface area contributed by atoms with Crippen molar-refractivity contribution < 1.29 is 29.2 Å². The first-order valence-electron chi connectivity index (χ1n) is 7.72. The molecule has 0 fully saturated rings. The van der Waals surface area contributed by atoms with E-state index in [4.69, 9.17) is 14.2 Å². The zero-order valence-electron chi connectivity index (χ0n) is 14.7. The number of aryl methyl sites for hydroxylation is 1. The molecule has 0 heterocycles. The van der Waals surface area contributed by atoms with E-state index in [1.807, 2.05) is 13.0 Å². The monoisotopic (exact) mass is 346 g/mol. The van der Waals surface area contributed by atoms with Gasteiger partial charge in [0, 0.05) is 0 Å². The lowest BCUT2D eigenvalue weighted by Gasteiger charge is -2.18. The maximum atomic E-state index is 11.8. The molecular weight excluding hydrogens is 324 g/mol. The second-order valence-corrected chi connectivity index (χ2v) is 5.67. The zero-order valence-corrected chi connectivity index (χ0v) is 14.7. The average molecular weight is 346 g/mol. The smallest absolute Gasteiger partial charge is 0.311 e. The molecule has 0 aliphatic heterocycles. The number of phenolic OH excluding ortho intramolecular Hbond substituents is 1. The van der Waals surface area contributed by atoms with Crippen molar-refractivity contribution in [3.8, 4) is 23.0 Å². The highest BCUT2D eigenvalue weighted by Crippen LogP contribution is 2.38. The van der Waals surface area contributed by atoms with E-state index in [1.165, 1.54) is 14.2 Å². The summed E-state index contributed by atoms with van der Waals surface area (Å²) in [5.74, 6) is -0.626. The van der Waals surface area contributed by atoms with E-state index in [2.05, 4.69) is 0 Å². The summed E-state index contributed by atoms with van der Waals surface area (Å²) < 4.78 is 15.4. The Morgan fingerprint density at radius 3 is 2.08 bits per heavy atom. The maximum absolute atomic E-state index is 11.8. The molecule has 0 aliphatic rings. The number of phenols is 1. The second-order valence-electron chi connectivity index (χ2n) is 5.67. The molecule has 2 rings (SSSR count). The topological polar surface area (TPSA) is 85.2 Å². The molecular formula is C19H22O6. The molecule has 25 heavy (non-hydrogen) atoms. The van der Waals surface area contributed by atoms with Crippen LogP contribution in [0.2, 0.25) is 0 Å². The Kier molecular flexibility index (Phi) is 5.75. The first-order chi connectivity index (χ1) is 11.9. The van der Waals surface area contributed by atoms with Crippen molar-refractivity contribution >= 4 is 5.97 Å². The molecule has 6 heteroatoms. The van der Waals surface area contributed by atoms with E-state index in [0.717, 1.165) is 5.56 Å². The molecule has 0 amide bonds. The maximum Gasteiger partial charge on any atom is 0.311 e. The minimum atomic E-state index is -0.931. The number of benzene rings is 2. The van der Waals surface area contributed by atoms with Crippen molar-refractivity contribution in [3.63, 3.8) is 0 Å². The Labute approximate surface area is 146 Å². The van der Waals surface area contributed by atoms with E-state index in [1.54, 1.807) is 31.4 Å². The van der Waals surface area contributed by atoms with Crippen LogP contribution in [0.25, 0.3) is 0 Å². The molecule has 6 nitrogen and oxygen atoms in total. The van der Waals surface area contributed by atoms with Gasteiger partial charge in [0.15, 0.2) is 11.5 Å². The molecule has 134 valence electrons. The summed E-state index contributed by atoms with van der Waals surface area (Å²) in [5, 5.41) is 19.7. The number of aliphatic carboxylic acids is 1. The summed E-state index contributed by atoms with van der Waals surface area (Å²) >= 11 is 0. The van der Waals surface area contributed by atoms with E-state index >= 15 is 0 Å². The summed E-state index contributed by atoms with van der Waals surface area (Å²) in [6, 6.07) is 8.56. The van der Waals surface area contributed by atoms with Gasteiger partial charge in [-0.2, -0.15) is 0 Å². The van der Waals surface area contributed by atoms with Crippen LogP contribution in [0.3, 0.4) is 0 Å². The Morgan fingerprint density at radius 2 is 1.64 bits per heavy atom. The Hall–Kier alpha value is -2.89. The predicted molar refractivity (Wildman–Crippen MR) is 93.0 cm³/mol. The fourth-order valence-corrected chi connectivity index (χ4v) is 2.80. The van der Waals surface area contributed by atoms with Gasteiger partial charge in [-0.3, -0.25) is 4.79 Å². The third-order valence-electron chi connectivity index (χ3n) is 4.13. The lowest BCUT2D eigenvalue weighted by Crippen LogP contribution is -2.16. The van der Waals surface area contributed by atoms with Crippen molar-refractivity contribution in [1.29, 1.82) is 0 Å². The van der Waals surface area contributed by atoms with Crippen LogP contribution in [0, 0.1) is 6.92 Å². The molecule has 0 radical (unpaired) electrons. The van der Waals surface area contributed by atoms with Gasteiger partial charge in [0.25, 0.3) is 0 Å². The minimum Gasteiger partial charge on any atom is -0.502 e. The number of carboxylic acid groups (broad SMARTS) is 1. The van der Waals surface area contributed by atoms with Crippen molar-refractivity contribution in [3.05, 3.63) is 47.0 Å². The van der Waals surface area contributed by atoms with Crippen LogP contribution in [0.4, 0.5) is 0 Å². The third-order valence-corrected chi connectivity index (χ3v) is 4.13. The number of rotatable bonds is 7. The number of methoxy groups -OCH3 is 3. The summed E-state index contributed by atoms with van der Waals surface area (Å²) in [7, 11) is 4.43. The predicted octanol–water partition coefficient (Wildman–Crippen LogP) is 3.14. The summed E-state index contributed by atoms with van der Waals surface area (Å²) in [4.78, 5) is 11.8. The molecule has 0 bridgehead atoms. The molecule has 2 aromatic carbocycles. The molecule has 1 atom stereocenters. The van der Waals surface area contributed by atoms with Crippen molar-refractivity contribution in [2.75, 3.05) is 21.3 Å². The quantitative estimate of drug-likeness (QED) is 0.801. The van der Waals surface area contributed by atoms with Gasteiger partial charge < -0.3 is 24.4 Å². The molecule has 2 aromatic rings. The van der Waals surface area contributed by atoms with Gasteiger partial charge in [-0.1, -0.05) is 6.07 Å². The van der Waals surface area contributed by atoms with Crippen LogP contribution < -0.4 is 14.2 Å². The zero-order chi connectivity index (χ0) is 18.6. The summed E-state index contributed by atoms with van der Waals surface area (Å²) in [6.45, 7) is 1.85. The lowest BCUT2D eigenvalue weighted by molar-refractivity contribution is -0.138. The lowest BCUT2D eigenvalue weighted by atomic mass is 9.89. The van der Waals surface area contributed by atoms with Crippen LogP contribution in [-0.2, 0) is 11.2 Å². The van der Waals surface area contributed by atoms with Gasteiger partial charge in [-0.15, -0.1) is 0 Å². The molecule has 0 saturated heterocycles. The van der Waals surface area contributed by atoms with Crippen LogP contribution in [-0.4, -0.2) is 37.5 Å². The second kappa shape index (κ2) is 7.79. The van der Waals surface area contributed by atoms with Crippen LogP contribution >= 0.6 is 0 Å². The largest absolute Gasteiger partial charge is 0.502 e. The van der Waals surface area contributed by atoms with Gasteiger partial charge in [0.05, 0.1) is 27.2 Å². The normalized spacial score (nSPS) is 11.7. The molecule has 0 aliphatic carbocycles. The van der Waals surface area contributed by atoms with E-state index in [-0.39, 0.29) is 23.7 Å². The molecule has 0 aromatic heterocycles.